The van der Waals surface area contributed by atoms with Crippen LogP contribution in [-0.2, 0) is 0 Å². The molecule has 3 heteroatoms. The van der Waals surface area contributed by atoms with Crippen LogP contribution in [0.5, 0.6) is 0 Å². The number of halogens is 2. The van der Waals surface area contributed by atoms with Gasteiger partial charge in [0.1, 0.15) is 0 Å². The number of benzene rings is 1. The molecule has 100 valence electrons. The normalized spacial score (nSPS) is 26.0. The van der Waals surface area contributed by atoms with Gasteiger partial charge in [-0.15, -0.1) is 0 Å². The van der Waals surface area contributed by atoms with Gasteiger partial charge >= 0.3 is 0 Å². The standard InChI is InChI=1S/C15H21Br2N/c1-10-4-3-5-13(8-10)18-11(2)14-7-6-12(16)9-15(14)17/h6-7,9-11,13,18H,3-5,8H2,1-2H3. The summed E-state index contributed by atoms with van der Waals surface area (Å²) in [5, 5.41) is 3.78. The zero-order chi connectivity index (χ0) is 13.1. The molecule has 1 fully saturated rings. The van der Waals surface area contributed by atoms with E-state index in [-0.39, 0.29) is 0 Å². The van der Waals surface area contributed by atoms with Crippen LogP contribution in [0.15, 0.2) is 27.1 Å². The molecule has 1 nitrogen and oxygen atoms in total. The van der Waals surface area contributed by atoms with Crippen LogP contribution in [0.2, 0.25) is 0 Å². The fourth-order valence-corrected chi connectivity index (χ4v) is 4.27. The van der Waals surface area contributed by atoms with Crippen LogP contribution >= 0.6 is 31.9 Å². The van der Waals surface area contributed by atoms with Gasteiger partial charge in [-0.1, -0.05) is 57.7 Å². The number of hydrogen-bond donors (Lipinski definition) is 1. The maximum atomic E-state index is 3.78. The second-order valence-corrected chi connectivity index (χ2v) is 7.29. The topological polar surface area (TPSA) is 12.0 Å². The van der Waals surface area contributed by atoms with E-state index < -0.39 is 0 Å². The summed E-state index contributed by atoms with van der Waals surface area (Å²) >= 11 is 7.16. The molecule has 1 aliphatic carbocycles. The molecule has 2 rings (SSSR count). The van der Waals surface area contributed by atoms with Crippen molar-refractivity contribution in [3.8, 4) is 0 Å². The molecule has 0 amide bonds. The van der Waals surface area contributed by atoms with Gasteiger partial charge in [-0.25, -0.2) is 0 Å². The lowest BCUT2D eigenvalue weighted by Crippen LogP contribution is -2.35. The Morgan fingerprint density at radius 1 is 1.28 bits per heavy atom. The van der Waals surface area contributed by atoms with E-state index in [1.165, 1.54) is 35.7 Å². The minimum absolute atomic E-state index is 0.405. The number of nitrogens with one attached hydrogen (secondary N) is 1. The highest BCUT2D eigenvalue weighted by atomic mass is 79.9. The molecule has 0 saturated heterocycles. The van der Waals surface area contributed by atoms with Crippen molar-refractivity contribution in [1.29, 1.82) is 0 Å². The van der Waals surface area contributed by atoms with Gasteiger partial charge < -0.3 is 5.32 Å². The van der Waals surface area contributed by atoms with Crippen LogP contribution in [0.3, 0.4) is 0 Å². The second-order valence-electron chi connectivity index (χ2n) is 5.52. The summed E-state index contributed by atoms with van der Waals surface area (Å²) in [5.74, 6) is 0.872. The van der Waals surface area contributed by atoms with E-state index in [0.717, 1.165) is 10.4 Å². The molecule has 0 heterocycles. The average molecular weight is 375 g/mol. The molecule has 3 atom stereocenters. The van der Waals surface area contributed by atoms with Crippen molar-refractivity contribution in [1.82, 2.24) is 5.32 Å². The molecule has 0 bridgehead atoms. The Labute approximate surface area is 127 Å². The molecule has 18 heavy (non-hydrogen) atoms. The largest absolute Gasteiger partial charge is 0.307 e. The highest BCUT2D eigenvalue weighted by Crippen LogP contribution is 2.29. The molecule has 0 aromatic heterocycles. The molecule has 1 N–H and O–H groups in total. The van der Waals surface area contributed by atoms with Crippen LogP contribution in [0.25, 0.3) is 0 Å². The smallest absolute Gasteiger partial charge is 0.0305 e. The van der Waals surface area contributed by atoms with Gasteiger partial charge in [-0.05, 0) is 43.4 Å². The molecule has 0 aliphatic heterocycles. The monoisotopic (exact) mass is 373 g/mol. The first-order chi connectivity index (χ1) is 8.56. The molecule has 1 aliphatic rings. The maximum Gasteiger partial charge on any atom is 0.0305 e. The van der Waals surface area contributed by atoms with E-state index in [2.05, 4.69) is 69.2 Å². The first-order valence-corrected chi connectivity index (χ1v) is 8.36. The third kappa shape index (κ3) is 3.82. The Bertz CT molecular complexity index is 405. The molecule has 1 aromatic rings. The number of hydrogen-bond acceptors (Lipinski definition) is 1. The Morgan fingerprint density at radius 2 is 2.06 bits per heavy atom. The van der Waals surface area contributed by atoms with Crippen molar-refractivity contribution >= 4 is 31.9 Å². The minimum Gasteiger partial charge on any atom is -0.307 e. The van der Waals surface area contributed by atoms with Gasteiger partial charge in [0.05, 0.1) is 0 Å². The minimum atomic E-state index is 0.405. The van der Waals surface area contributed by atoms with Crippen molar-refractivity contribution in [2.75, 3.05) is 0 Å². The summed E-state index contributed by atoms with van der Waals surface area (Å²) in [4.78, 5) is 0. The fraction of sp³-hybridized carbons (Fsp3) is 0.600. The lowest BCUT2D eigenvalue weighted by atomic mass is 9.86. The highest BCUT2D eigenvalue weighted by Gasteiger charge is 2.21. The van der Waals surface area contributed by atoms with Crippen LogP contribution in [0, 0.1) is 5.92 Å². The summed E-state index contributed by atoms with van der Waals surface area (Å²) in [7, 11) is 0. The molecule has 0 radical (unpaired) electrons. The van der Waals surface area contributed by atoms with Crippen molar-refractivity contribution in [3.63, 3.8) is 0 Å². The summed E-state index contributed by atoms with van der Waals surface area (Å²) in [6, 6.07) is 7.51. The molecule has 1 aromatic carbocycles. The molecule has 0 spiro atoms. The first-order valence-electron chi connectivity index (χ1n) is 6.77. The van der Waals surface area contributed by atoms with Gasteiger partial charge in [-0.2, -0.15) is 0 Å². The Balaban J connectivity index is 2.00. The summed E-state index contributed by atoms with van der Waals surface area (Å²) in [6.07, 6.45) is 5.41. The predicted molar refractivity (Wildman–Crippen MR) is 84.8 cm³/mol. The van der Waals surface area contributed by atoms with Gasteiger partial charge in [-0.3, -0.25) is 0 Å². The van der Waals surface area contributed by atoms with E-state index in [1.807, 2.05) is 0 Å². The van der Waals surface area contributed by atoms with Gasteiger partial charge in [0.2, 0.25) is 0 Å². The quantitative estimate of drug-likeness (QED) is 0.742. The summed E-state index contributed by atoms with van der Waals surface area (Å²) in [6.45, 7) is 4.63. The Morgan fingerprint density at radius 3 is 2.72 bits per heavy atom. The zero-order valence-electron chi connectivity index (χ0n) is 11.0. The second kappa shape index (κ2) is 6.53. The van der Waals surface area contributed by atoms with E-state index in [0.29, 0.717) is 12.1 Å². The number of rotatable bonds is 3. The van der Waals surface area contributed by atoms with E-state index >= 15 is 0 Å². The maximum absolute atomic E-state index is 3.78. The zero-order valence-corrected chi connectivity index (χ0v) is 14.2. The van der Waals surface area contributed by atoms with Gasteiger partial charge in [0, 0.05) is 21.0 Å². The predicted octanol–water partition coefficient (Wildman–Crippen LogP) is 5.44. The molecular formula is C15H21Br2N. The molecule has 3 unspecified atom stereocenters. The van der Waals surface area contributed by atoms with E-state index in [9.17, 15) is 0 Å². The molecule has 1 saturated carbocycles. The van der Waals surface area contributed by atoms with Crippen LogP contribution in [0.4, 0.5) is 0 Å². The Kier molecular flexibility index (Phi) is 5.28. The highest BCUT2D eigenvalue weighted by molar-refractivity contribution is 9.11. The lowest BCUT2D eigenvalue weighted by Gasteiger charge is -2.30. The van der Waals surface area contributed by atoms with Crippen LogP contribution < -0.4 is 5.32 Å². The van der Waals surface area contributed by atoms with Crippen molar-refractivity contribution < 1.29 is 0 Å². The van der Waals surface area contributed by atoms with E-state index in [1.54, 1.807) is 0 Å². The van der Waals surface area contributed by atoms with Crippen molar-refractivity contribution in [2.24, 2.45) is 5.92 Å². The van der Waals surface area contributed by atoms with Crippen LogP contribution in [0.1, 0.15) is 51.1 Å². The Hall–Kier alpha value is 0.140. The van der Waals surface area contributed by atoms with Crippen LogP contribution in [-0.4, -0.2) is 6.04 Å². The lowest BCUT2D eigenvalue weighted by molar-refractivity contribution is 0.285. The average Bonchev–Trinajstić information content (AvgIpc) is 2.28. The van der Waals surface area contributed by atoms with E-state index in [4.69, 9.17) is 0 Å². The van der Waals surface area contributed by atoms with Gasteiger partial charge in [0.25, 0.3) is 0 Å². The van der Waals surface area contributed by atoms with Crippen molar-refractivity contribution in [2.45, 2.75) is 51.6 Å². The third-order valence-corrected chi connectivity index (χ3v) is 5.03. The summed E-state index contributed by atoms with van der Waals surface area (Å²) in [5.41, 5.74) is 1.34. The van der Waals surface area contributed by atoms with Gasteiger partial charge in [0.15, 0.2) is 0 Å². The fourth-order valence-electron chi connectivity index (χ4n) is 2.88. The third-order valence-electron chi connectivity index (χ3n) is 3.85. The first kappa shape index (κ1) is 14.5. The summed E-state index contributed by atoms with van der Waals surface area (Å²) < 4.78 is 2.30. The van der Waals surface area contributed by atoms with Crippen molar-refractivity contribution in [3.05, 3.63) is 32.7 Å². The molecular weight excluding hydrogens is 354 g/mol. The SMILES string of the molecule is CC1CCCC(NC(C)c2ccc(Br)cc2Br)C1.